The summed E-state index contributed by atoms with van der Waals surface area (Å²) in [5.74, 6) is -1.20. The quantitative estimate of drug-likeness (QED) is 0.0535. The first-order valence-electron chi connectivity index (χ1n) is 16.7. The van der Waals surface area contributed by atoms with E-state index in [-0.39, 0.29) is 22.6 Å². The molecule has 260 valence electrons. The highest BCUT2D eigenvalue weighted by atomic mass is 32.2. The van der Waals surface area contributed by atoms with E-state index >= 15 is 0 Å². The van der Waals surface area contributed by atoms with Gasteiger partial charge in [0, 0.05) is 22.0 Å². The van der Waals surface area contributed by atoms with Gasteiger partial charge in [0.2, 0.25) is 0 Å². The normalized spacial score (nSPS) is 11.5. The fourth-order valence-corrected chi connectivity index (χ4v) is 5.99. The minimum Gasteiger partial charge on any atom is -0.506 e. The van der Waals surface area contributed by atoms with Crippen molar-refractivity contribution < 1.29 is 37.4 Å². The van der Waals surface area contributed by atoms with E-state index < -0.39 is 29.2 Å². The molecule has 0 aliphatic carbocycles. The number of amides is 2. The maximum absolute atomic E-state index is 13.1. The van der Waals surface area contributed by atoms with Crippen molar-refractivity contribution in [2.75, 3.05) is 12.4 Å². The molecule has 0 fully saturated rings. The van der Waals surface area contributed by atoms with E-state index in [9.17, 15) is 23.7 Å². The lowest BCUT2D eigenvalue weighted by Crippen LogP contribution is -2.28. The van der Waals surface area contributed by atoms with Crippen molar-refractivity contribution in [2.24, 2.45) is 0 Å². The van der Waals surface area contributed by atoms with Crippen LogP contribution in [0.4, 0.5) is 10.5 Å². The molecule has 0 bridgehead atoms. The van der Waals surface area contributed by atoms with Crippen LogP contribution in [0, 0.1) is 0 Å². The fraction of sp³-hybridized carbons (Fsp3) is 0.342. The zero-order valence-corrected chi connectivity index (χ0v) is 28.8. The number of rotatable bonds is 18. The lowest BCUT2D eigenvalue weighted by Gasteiger charge is -2.13. The number of fused-ring (bicyclic) bond motifs is 1. The van der Waals surface area contributed by atoms with Gasteiger partial charge in [-0.1, -0.05) is 101 Å². The van der Waals surface area contributed by atoms with Gasteiger partial charge >= 0.3 is 17.4 Å². The molecule has 0 radical (unpaired) electrons. The van der Waals surface area contributed by atoms with Crippen molar-refractivity contribution >= 4 is 45.7 Å². The molecule has 3 N–H and O–H groups in total. The Balaban J connectivity index is 1.23. The molecule has 2 amide bonds. The first-order chi connectivity index (χ1) is 23.8. The Morgan fingerprint density at radius 2 is 1.37 bits per heavy atom. The van der Waals surface area contributed by atoms with E-state index in [1.165, 1.54) is 93.7 Å². The Morgan fingerprint density at radius 1 is 0.755 bits per heavy atom. The van der Waals surface area contributed by atoms with Gasteiger partial charge in [0.15, 0.2) is 0 Å². The van der Waals surface area contributed by atoms with Crippen LogP contribution in [0.1, 0.15) is 97.4 Å². The van der Waals surface area contributed by atoms with Crippen LogP contribution in [0.15, 0.2) is 78.9 Å². The van der Waals surface area contributed by atoms with Crippen LogP contribution in [0.5, 0.6) is 17.2 Å². The largest absolute Gasteiger partial charge is 0.513 e. The number of nitrogens with one attached hydrogen (secondary N) is 2. The van der Waals surface area contributed by atoms with Crippen LogP contribution < -0.4 is 19.0 Å². The average Bonchev–Trinajstić information content (AvgIpc) is 3.11. The maximum Gasteiger partial charge on any atom is 0.513 e. The first kappa shape index (κ1) is 36.9. The Labute approximate surface area is 290 Å². The molecule has 0 heterocycles. The van der Waals surface area contributed by atoms with E-state index in [0.717, 1.165) is 20.0 Å². The molecule has 11 heteroatoms. The summed E-state index contributed by atoms with van der Waals surface area (Å²) >= 11 is -2.12. The number of aryl methyl sites for hydroxylation is 1. The van der Waals surface area contributed by atoms with Crippen LogP contribution >= 0.6 is 0 Å². The minimum atomic E-state index is -2.12. The Bertz CT molecular complexity index is 1720. The summed E-state index contributed by atoms with van der Waals surface area (Å²) in [5, 5.41) is 14.2. The zero-order chi connectivity index (χ0) is 35.0. The predicted octanol–water partition coefficient (Wildman–Crippen LogP) is 8.79. The Kier molecular flexibility index (Phi) is 14.5. The van der Waals surface area contributed by atoms with Gasteiger partial charge < -0.3 is 24.1 Å². The molecule has 49 heavy (non-hydrogen) atoms. The van der Waals surface area contributed by atoms with E-state index in [1.54, 1.807) is 36.4 Å². The minimum absolute atomic E-state index is 0.0351. The third-order valence-corrected chi connectivity index (χ3v) is 8.77. The van der Waals surface area contributed by atoms with Gasteiger partial charge in [-0.3, -0.25) is 9.59 Å². The molecule has 0 saturated heterocycles. The molecular weight excluding hydrogens is 644 g/mol. The molecule has 1 unspecified atom stereocenters. The van der Waals surface area contributed by atoms with Crippen LogP contribution in [-0.2, 0) is 22.4 Å². The van der Waals surface area contributed by atoms with Gasteiger partial charge in [0.05, 0.1) is 12.7 Å². The molecule has 4 aromatic carbocycles. The third kappa shape index (κ3) is 11.3. The van der Waals surface area contributed by atoms with Crippen LogP contribution in [0.25, 0.3) is 10.8 Å². The average molecular weight is 689 g/mol. The molecule has 10 nitrogen and oxygen atoms in total. The Morgan fingerprint density at radius 3 is 2.00 bits per heavy atom. The highest BCUT2D eigenvalue weighted by molar-refractivity contribution is 7.79. The lowest BCUT2D eigenvalue weighted by molar-refractivity contribution is 0.0979. The second kappa shape index (κ2) is 19.2. The van der Waals surface area contributed by atoms with Crippen molar-refractivity contribution in [3.8, 4) is 17.2 Å². The summed E-state index contributed by atoms with van der Waals surface area (Å²) in [4.78, 5) is 37.5. The summed E-state index contributed by atoms with van der Waals surface area (Å²) in [6, 6.07) is 21.0. The second-order valence-corrected chi connectivity index (χ2v) is 12.6. The van der Waals surface area contributed by atoms with Crippen molar-refractivity contribution in [1.82, 2.24) is 4.72 Å². The number of phenolic OH excluding ortho intramolecular Hbond substituents is 1. The summed E-state index contributed by atoms with van der Waals surface area (Å²) < 4.78 is 30.0. The van der Waals surface area contributed by atoms with Gasteiger partial charge in [-0.15, -0.1) is 0 Å². The van der Waals surface area contributed by atoms with Gasteiger partial charge in [-0.2, -0.15) is 4.21 Å². The zero-order valence-electron chi connectivity index (χ0n) is 28.0. The molecule has 4 rings (SSSR count). The van der Waals surface area contributed by atoms with Gasteiger partial charge in [-0.25, -0.2) is 9.52 Å². The summed E-state index contributed by atoms with van der Waals surface area (Å²) in [6.07, 6.45) is 12.9. The second-order valence-electron chi connectivity index (χ2n) is 11.7. The highest BCUT2D eigenvalue weighted by Gasteiger charge is 2.20. The van der Waals surface area contributed by atoms with Crippen LogP contribution in [-0.4, -0.2) is 34.4 Å². The molecule has 0 spiro atoms. The number of hydrogen-bond donors (Lipinski definition) is 3. The number of ether oxygens (including phenoxy) is 2. The standard InChI is InChI=1S/C38H44N2O8S/c1-3-4-5-6-7-8-9-10-11-12-15-27-18-24-30(25-19-27)48-49(45)40-36(42)28-20-22-29(23-21-28)39-37(43)33-26-34(47-38(44)46-2)31-16-13-14-17-32(31)35(33)41/h13-14,16-26,41H,3-12,15H2,1-2H3,(H,39,43)(H,40,42). The first-order valence-corrected chi connectivity index (χ1v) is 17.8. The van der Waals surface area contributed by atoms with E-state index in [4.69, 9.17) is 8.92 Å². The van der Waals surface area contributed by atoms with E-state index in [1.807, 2.05) is 12.1 Å². The molecule has 0 aromatic heterocycles. The van der Waals surface area contributed by atoms with Crippen molar-refractivity contribution in [2.45, 2.75) is 77.6 Å². The number of carbonyl (C=O) groups is 3. The SMILES string of the molecule is CCCCCCCCCCCCc1ccc(OS(=O)NC(=O)c2ccc(NC(=O)c3cc(OC(=O)OC)c4ccccc4c3O)cc2)cc1. The molecule has 0 aliphatic heterocycles. The van der Waals surface area contributed by atoms with Crippen molar-refractivity contribution in [3.63, 3.8) is 0 Å². The summed E-state index contributed by atoms with van der Waals surface area (Å²) in [5.41, 5.74) is 1.54. The van der Waals surface area contributed by atoms with Crippen molar-refractivity contribution in [1.29, 1.82) is 0 Å². The third-order valence-electron chi connectivity index (χ3n) is 8.08. The van der Waals surface area contributed by atoms with Gasteiger partial charge in [0.1, 0.15) is 17.2 Å². The Hall–Kier alpha value is -4.90. The number of carbonyl (C=O) groups excluding carboxylic acids is 3. The topological polar surface area (TPSA) is 140 Å². The molecule has 4 aromatic rings. The number of hydrogen-bond acceptors (Lipinski definition) is 8. The number of phenols is 1. The maximum atomic E-state index is 13.1. The monoisotopic (exact) mass is 688 g/mol. The number of aromatic hydroxyl groups is 1. The summed E-state index contributed by atoms with van der Waals surface area (Å²) in [6.45, 7) is 2.24. The van der Waals surface area contributed by atoms with E-state index in [2.05, 4.69) is 21.7 Å². The van der Waals surface area contributed by atoms with Crippen LogP contribution in [0.2, 0.25) is 0 Å². The van der Waals surface area contributed by atoms with Crippen LogP contribution in [0.3, 0.4) is 0 Å². The summed E-state index contributed by atoms with van der Waals surface area (Å²) in [7, 11) is 1.16. The van der Waals surface area contributed by atoms with Crippen molar-refractivity contribution in [3.05, 3.63) is 95.6 Å². The number of methoxy groups -OCH3 is 1. The fourth-order valence-electron chi connectivity index (χ4n) is 5.39. The molecule has 0 saturated carbocycles. The van der Waals surface area contributed by atoms with Gasteiger partial charge in [-0.05, 0) is 60.9 Å². The van der Waals surface area contributed by atoms with E-state index in [0.29, 0.717) is 22.2 Å². The lowest BCUT2D eigenvalue weighted by atomic mass is 10.0. The van der Waals surface area contributed by atoms with Gasteiger partial charge in [0.25, 0.3) is 11.8 Å². The highest BCUT2D eigenvalue weighted by Crippen LogP contribution is 2.36. The predicted molar refractivity (Wildman–Crippen MR) is 191 cm³/mol. The smallest absolute Gasteiger partial charge is 0.506 e. The number of benzene rings is 4. The molecular formula is C38H44N2O8S. The molecule has 1 atom stereocenters. The number of anilines is 1. The number of unbranched alkanes of at least 4 members (excludes halogenated alkanes) is 9. The molecule has 0 aliphatic rings.